The van der Waals surface area contributed by atoms with Gasteiger partial charge < -0.3 is 24.9 Å². The molecule has 7 heteroatoms. The van der Waals surface area contributed by atoms with Crippen LogP contribution in [0.3, 0.4) is 0 Å². The van der Waals surface area contributed by atoms with Crippen LogP contribution >= 0.6 is 0 Å². The second kappa shape index (κ2) is 14.0. The Morgan fingerprint density at radius 3 is 2.66 bits per heavy atom. The van der Waals surface area contributed by atoms with Crippen LogP contribution < -0.4 is 5.32 Å². The predicted octanol–water partition coefficient (Wildman–Crippen LogP) is 8.08. The molecule has 1 aromatic heterocycles. The summed E-state index contributed by atoms with van der Waals surface area (Å²) in [6, 6.07) is -0.0416. The Kier molecular flexibility index (Phi) is 10.8. The molecule has 1 aromatic rings. The summed E-state index contributed by atoms with van der Waals surface area (Å²) in [6.07, 6.45) is 17.8. The molecule has 5 rings (SSSR count). The Morgan fingerprint density at radius 1 is 1.11 bits per heavy atom. The van der Waals surface area contributed by atoms with Crippen LogP contribution in [0.25, 0.3) is 0 Å². The molecule has 3 N–H and O–H groups in total. The van der Waals surface area contributed by atoms with Crippen LogP contribution in [-0.2, 0) is 15.9 Å². The van der Waals surface area contributed by atoms with Crippen LogP contribution in [0.1, 0.15) is 131 Å². The monoisotopic (exact) mass is 613 g/mol. The second-order valence-electron chi connectivity index (χ2n) is 16.2. The quantitative estimate of drug-likeness (QED) is 0.154. The maximum atomic E-state index is 12.9. The maximum Gasteiger partial charge on any atom is 0.508 e. The van der Waals surface area contributed by atoms with Crippen LogP contribution in [0.2, 0.25) is 0 Å². The molecule has 10 atom stereocenters. The van der Waals surface area contributed by atoms with Crippen molar-refractivity contribution in [1.82, 2.24) is 15.3 Å². The number of hydrogen-bond acceptors (Lipinski definition) is 6. The zero-order valence-electron chi connectivity index (χ0n) is 28.7. The fourth-order valence-corrected chi connectivity index (χ4v) is 10.9. The third-order valence-electron chi connectivity index (χ3n) is 13.4. The van der Waals surface area contributed by atoms with Crippen LogP contribution in [-0.4, -0.2) is 52.1 Å². The SMILES string of the molecule is CCCCOC(=O)O[C@H]1CC[C@]2(C)[C@H]3CC[C@]4(C)[C@@H](C(C)CCCC(C)C)CC[C@H]4[C@@H]3C[C@@H](NCCc3c[nH]cn3)[C@@]2(O)C1. The van der Waals surface area contributed by atoms with E-state index in [1.807, 2.05) is 6.20 Å². The molecule has 0 aromatic carbocycles. The number of nitrogens with one attached hydrogen (secondary N) is 2. The third kappa shape index (κ3) is 6.61. The highest BCUT2D eigenvalue weighted by Crippen LogP contribution is 2.69. The number of hydrogen-bond donors (Lipinski definition) is 3. The number of H-pyrrole nitrogens is 1. The van der Waals surface area contributed by atoms with E-state index in [2.05, 4.69) is 56.8 Å². The van der Waals surface area contributed by atoms with Crippen molar-refractivity contribution in [2.45, 2.75) is 149 Å². The van der Waals surface area contributed by atoms with Gasteiger partial charge >= 0.3 is 6.16 Å². The lowest BCUT2D eigenvalue weighted by atomic mass is 9.42. The van der Waals surface area contributed by atoms with Gasteiger partial charge in [0.1, 0.15) is 6.10 Å². The normalized spacial score (nSPS) is 38.9. The van der Waals surface area contributed by atoms with Crippen molar-refractivity contribution in [1.29, 1.82) is 0 Å². The van der Waals surface area contributed by atoms with Crippen molar-refractivity contribution in [3.8, 4) is 0 Å². The van der Waals surface area contributed by atoms with Gasteiger partial charge in [-0.25, -0.2) is 9.78 Å². The van der Waals surface area contributed by atoms with E-state index in [0.29, 0.717) is 30.3 Å². The van der Waals surface area contributed by atoms with Gasteiger partial charge in [-0.3, -0.25) is 0 Å². The summed E-state index contributed by atoms with van der Waals surface area (Å²) in [5.41, 5.74) is 0.277. The standard InChI is InChI=1S/C37H63N3O4/c1-7-8-20-43-34(41)44-28-14-18-36(6)32-15-17-35(5)30(26(4)11-9-10-25(2)3)12-13-31(35)29(32)21-33(37(36,42)22-28)39-19-16-27-23-38-24-40-27/h23-26,28-33,39,42H,7-22H2,1-6H3,(H,38,40)/t26?,28-,29-,30+,31-,32-,33+,35+,36+,37-/m0/s1. The maximum absolute atomic E-state index is 12.9. The van der Waals surface area contributed by atoms with Gasteiger partial charge in [-0.05, 0) is 92.3 Å². The minimum absolute atomic E-state index is 0.0416. The molecular weight excluding hydrogens is 550 g/mol. The average molecular weight is 614 g/mol. The van der Waals surface area contributed by atoms with Crippen LogP contribution in [0, 0.1) is 46.3 Å². The lowest BCUT2D eigenvalue weighted by Crippen LogP contribution is -2.71. The van der Waals surface area contributed by atoms with Gasteiger partial charge in [0.15, 0.2) is 0 Å². The smallest absolute Gasteiger partial charge is 0.434 e. The van der Waals surface area contributed by atoms with Gasteiger partial charge in [-0.1, -0.05) is 67.2 Å². The zero-order valence-corrected chi connectivity index (χ0v) is 28.7. The van der Waals surface area contributed by atoms with E-state index in [1.54, 1.807) is 6.33 Å². The zero-order chi connectivity index (χ0) is 31.5. The van der Waals surface area contributed by atoms with Gasteiger partial charge in [0, 0.05) is 37.0 Å². The first-order valence-electron chi connectivity index (χ1n) is 18.3. The van der Waals surface area contributed by atoms with E-state index < -0.39 is 11.8 Å². The first-order chi connectivity index (χ1) is 21.0. The molecule has 0 radical (unpaired) electrons. The van der Waals surface area contributed by atoms with E-state index in [1.165, 1.54) is 44.9 Å². The van der Waals surface area contributed by atoms with Gasteiger partial charge in [0.2, 0.25) is 0 Å². The summed E-state index contributed by atoms with van der Waals surface area (Å²) in [5, 5.41) is 16.7. The summed E-state index contributed by atoms with van der Waals surface area (Å²) in [7, 11) is 0. The number of fused-ring (bicyclic) bond motifs is 5. The van der Waals surface area contributed by atoms with Crippen molar-refractivity contribution in [2.75, 3.05) is 13.2 Å². The van der Waals surface area contributed by atoms with E-state index in [-0.39, 0.29) is 17.6 Å². The molecule has 7 nitrogen and oxygen atoms in total. The first kappa shape index (κ1) is 33.8. The summed E-state index contributed by atoms with van der Waals surface area (Å²) < 4.78 is 11.2. The molecule has 4 aliphatic rings. The van der Waals surface area contributed by atoms with Crippen LogP contribution in [0.15, 0.2) is 12.5 Å². The van der Waals surface area contributed by atoms with Crippen molar-refractivity contribution in [3.63, 3.8) is 0 Å². The molecule has 0 bridgehead atoms. The molecule has 0 amide bonds. The predicted molar refractivity (Wildman–Crippen MR) is 175 cm³/mol. The Hall–Kier alpha value is -1.60. The number of nitrogens with zero attached hydrogens (tertiary/aromatic N) is 1. The number of aromatic nitrogens is 2. The molecule has 250 valence electrons. The van der Waals surface area contributed by atoms with E-state index in [0.717, 1.165) is 74.4 Å². The lowest BCUT2D eigenvalue weighted by Gasteiger charge is -2.66. The molecule has 0 saturated heterocycles. The largest absolute Gasteiger partial charge is 0.508 e. The summed E-state index contributed by atoms with van der Waals surface area (Å²) in [5.74, 6) is 4.22. The number of aromatic amines is 1. The first-order valence-corrected chi connectivity index (χ1v) is 18.3. The third-order valence-corrected chi connectivity index (χ3v) is 13.4. The lowest BCUT2D eigenvalue weighted by molar-refractivity contribution is -0.235. The van der Waals surface area contributed by atoms with Gasteiger partial charge in [-0.2, -0.15) is 0 Å². The van der Waals surface area contributed by atoms with Crippen molar-refractivity contribution in [2.24, 2.45) is 46.3 Å². The van der Waals surface area contributed by atoms with Crippen molar-refractivity contribution >= 4 is 6.16 Å². The van der Waals surface area contributed by atoms with E-state index >= 15 is 0 Å². The summed E-state index contributed by atoms with van der Waals surface area (Å²) in [6.45, 7) is 15.5. The molecule has 4 fully saturated rings. The van der Waals surface area contributed by atoms with E-state index in [9.17, 15) is 9.90 Å². The van der Waals surface area contributed by atoms with Gasteiger partial charge in [0.25, 0.3) is 0 Å². The Balaban J connectivity index is 1.34. The molecule has 0 aliphatic heterocycles. The number of carbonyl (C=O) groups excluding carboxylic acids is 1. The Bertz CT molecular complexity index is 1060. The van der Waals surface area contributed by atoms with Crippen molar-refractivity contribution in [3.05, 3.63) is 18.2 Å². The number of aliphatic hydroxyl groups is 1. The van der Waals surface area contributed by atoms with E-state index in [4.69, 9.17) is 9.47 Å². The fourth-order valence-electron chi connectivity index (χ4n) is 10.9. The molecule has 1 unspecified atom stereocenters. The number of carbonyl (C=O) groups is 1. The summed E-state index contributed by atoms with van der Waals surface area (Å²) >= 11 is 0. The second-order valence-corrected chi connectivity index (χ2v) is 16.2. The van der Waals surface area contributed by atoms with Crippen molar-refractivity contribution < 1.29 is 19.4 Å². The molecule has 44 heavy (non-hydrogen) atoms. The highest BCUT2D eigenvalue weighted by atomic mass is 16.7. The summed E-state index contributed by atoms with van der Waals surface area (Å²) in [4.78, 5) is 20.0. The van der Waals surface area contributed by atoms with Crippen LogP contribution in [0.4, 0.5) is 4.79 Å². The molecular formula is C37H63N3O4. The van der Waals surface area contributed by atoms with Gasteiger partial charge in [0.05, 0.1) is 24.2 Å². The molecule has 4 aliphatic carbocycles. The number of ether oxygens (including phenoxy) is 2. The fraction of sp³-hybridized carbons (Fsp3) is 0.892. The van der Waals surface area contributed by atoms with Gasteiger partial charge in [-0.15, -0.1) is 0 Å². The van der Waals surface area contributed by atoms with Crippen LogP contribution in [0.5, 0.6) is 0 Å². The highest BCUT2D eigenvalue weighted by molar-refractivity contribution is 5.60. The highest BCUT2D eigenvalue weighted by Gasteiger charge is 2.67. The molecule has 0 spiro atoms. The minimum atomic E-state index is -0.942. The number of rotatable bonds is 13. The molecule has 4 saturated carbocycles. The number of imidazole rings is 1. The Labute approximate surface area is 267 Å². The number of unbranched alkanes of at least 4 members (excludes halogenated alkanes) is 1. The average Bonchev–Trinajstić information content (AvgIpc) is 3.61. The molecule has 1 heterocycles. The minimum Gasteiger partial charge on any atom is -0.434 e. The topological polar surface area (TPSA) is 96.5 Å². The Morgan fingerprint density at radius 2 is 1.93 bits per heavy atom.